The quantitative estimate of drug-likeness (QED) is 0.833. The van der Waals surface area contributed by atoms with Crippen LogP contribution in [0.25, 0.3) is 0 Å². The van der Waals surface area contributed by atoms with Gasteiger partial charge < -0.3 is 4.74 Å². The van der Waals surface area contributed by atoms with Gasteiger partial charge in [-0.1, -0.05) is 6.07 Å². The molecule has 17 heavy (non-hydrogen) atoms. The molecule has 2 rings (SSSR count). The average Bonchev–Trinajstić information content (AvgIpc) is 3.10. The highest BCUT2D eigenvalue weighted by Crippen LogP contribution is 2.49. The van der Waals surface area contributed by atoms with Crippen LogP contribution in [-0.2, 0) is 10.2 Å². The maximum atomic E-state index is 12.0. The number of carbonyl (C=O) groups is 1. The highest BCUT2D eigenvalue weighted by Gasteiger charge is 2.51. The zero-order valence-corrected chi connectivity index (χ0v) is 11.4. The third-order valence-electron chi connectivity index (χ3n) is 3.13. The van der Waals surface area contributed by atoms with Crippen LogP contribution >= 0.6 is 15.9 Å². The number of hydrogen-bond acceptors (Lipinski definition) is 3. The van der Waals surface area contributed by atoms with Crippen LogP contribution in [0.4, 0.5) is 0 Å². The summed E-state index contributed by atoms with van der Waals surface area (Å²) in [5.41, 5.74) is 6.01. The molecule has 0 aliphatic heterocycles. The molecule has 0 bridgehead atoms. The Kier molecular flexibility index (Phi) is 3.40. The van der Waals surface area contributed by atoms with Crippen LogP contribution in [0, 0.1) is 0 Å². The van der Waals surface area contributed by atoms with E-state index < -0.39 is 0 Å². The molecule has 0 unspecified atom stereocenters. The second kappa shape index (κ2) is 4.66. The number of amides is 1. The van der Waals surface area contributed by atoms with Gasteiger partial charge in [-0.25, -0.2) is 5.43 Å². The Morgan fingerprint density at radius 3 is 2.65 bits per heavy atom. The van der Waals surface area contributed by atoms with Gasteiger partial charge in [0.25, 0.3) is 0 Å². The second-order valence-corrected chi connectivity index (χ2v) is 4.99. The van der Waals surface area contributed by atoms with E-state index in [1.807, 2.05) is 18.2 Å². The summed E-state index contributed by atoms with van der Waals surface area (Å²) in [7, 11) is 3.32. The molecule has 0 radical (unpaired) electrons. The van der Waals surface area contributed by atoms with Crippen molar-refractivity contribution in [1.82, 2.24) is 10.9 Å². The lowest BCUT2D eigenvalue weighted by Crippen LogP contribution is -2.41. The van der Waals surface area contributed by atoms with E-state index in [1.54, 1.807) is 14.2 Å². The average molecular weight is 299 g/mol. The lowest BCUT2D eigenvalue weighted by Gasteiger charge is -2.16. The van der Waals surface area contributed by atoms with Gasteiger partial charge in [-0.3, -0.25) is 10.2 Å². The first-order valence-electron chi connectivity index (χ1n) is 5.45. The number of methoxy groups -OCH3 is 1. The molecule has 1 aliphatic carbocycles. The molecule has 4 nitrogen and oxygen atoms in total. The number of carbonyl (C=O) groups excluding carboxylic acids is 1. The molecule has 0 atom stereocenters. The van der Waals surface area contributed by atoms with Gasteiger partial charge in [0, 0.05) is 7.05 Å². The van der Waals surface area contributed by atoms with E-state index >= 15 is 0 Å². The Bertz CT molecular complexity index is 444. The first kappa shape index (κ1) is 12.4. The summed E-state index contributed by atoms with van der Waals surface area (Å²) < 4.78 is 6.06. The van der Waals surface area contributed by atoms with Crippen molar-refractivity contribution in [2.75, 3.05) is 14.2 Å². The van der Waals surface area contributed by atoms with Crippen LogP contribution in [0.5, 0.6) is 5.75 Å². The zero-order valence-electron chi connectivity index (χ0n) is 9.84. The van der Waals surface area contributed by atoms with Crippen molar-refractivity contribution in [1.29, 1.82) is 0 Å². The number of nitrogens with one attached hydrogen (secondary N) is 2. The van der Waals surface area contributed by atoms with Gasteiger partial charge in [0.15, 0.2) is 0 Å². The van der Waals surface area contributed by atoms with Crippen LogP contribution in [0.15, 0.2) is 22.7 Å². The number of rotatable bonds is 4. The van der Waals surface area contributed by atoms with E-state index in [0.717, 1.165) is 28.6 Å². The Hall–Kier alpha value is -1.07. The number of hydrazine groups is 1. The van der Waals surface area contributed by atoms with E-state index in [9.17, 15) is 4.79 Å². The van der Waals surface area contributed by atoms with Crippen LogP contribution in [0.3, 0.4) is 0 Å². The molecule has 2 N–H and O–H groups in total. The van der Waals surface area contributed by atoms with Crippen molar-refractivity contribution in [3.8, 4) is 5.75 Å². The molecule has 1 aliphatic rings. The number of hydrogen-bond donors (Lipinski definition) is 2. The largest absolute Gasteiger partial charge is 0.496 e. The van der Waals surface area contributed by atoms with E-state index in [-0.39, 0.29) is 11.3 Å². The van der Waals surface area contributed by atoms with Gasteiger partial charge in [0.05, 0.1) is 17.0 Å². The van der Waals surface area contributed by atoms with E-state index in [2.05, 4.69) is 26.8 Å². The molecule has 1 saturated carbocycles. The van der Waals surface area contributed by atoms with E-state index in [0.29, 0.717) is 0 Å². The van der Waals surface area contributed by atoms with Crippen molar-refractivity contribution < 1.29 is 9.53 Å². The minimum Gasteiger partial charge on any atom is -0.496 e. The van der Waals surface area contributed by atoms with E-state index in [1.165, 1.54) is 0 Å². The maximum Gasteiger partial charge on any atom is 0.244 e. The van der Waals surface area contributed by atoms with Crippen molar-refractivity contribution in [3.63, 3.8) is 0 Å². The molecular formula is C12H15BrN2O2. The number of benzene rings is 1. The topological polar surface area (TPSA) is 50.4 Å². The first-order valence-corrected chi connectivity index (χ1v) is 6.24. The third-order valence-corrected chi connectivity index (χ3v) is 3.75. The lowest BCUT2D eigenvalue weighted by molar-refractivity contribution is -0.124. The number of halogens is 1. The van der Waals surface area contributed by atoms with Crippen molar-refractivity contribution in [2.24, 2.45) is 0 Å². The summed E-state index contributed by atoms with van der Waals surface area (Å²) in [6.07, 6.45) is 1.78. The SMILES string of the molecule is CNNC(=O)C1(c2ccc(OC)c(Br)c2)CC1. The predicted octanol–water partition coefficient (Wildman–Crippen LogP) is 1.74. The Morgan fingerprint density at radius 2 is 2.18 bits per heavy atom. The van der Waals surface area contributed by atoms with Crippen LogP contribution in [0.1, 0.15) is 18.4 Å². The van der Waals surface area contributed by atoms with Crippen LogP contribution in [0.2, 0.25) is 0 Å². The highest BCUT2D eigenvalue weighted by molar-refractivity contribution is 9.10. The van der Waals surface area contributed by atoms with Crippen LogP contribution in [-0.4, -0.2) is 20.1 Å². The van der Waals surface area contributed by atoms with Gasteiger partial charge >= 0.3 is 0 Å². The zero-order chi connectivity index (χ0) is 12.5. The third kappa shape index (κ3) is 2.17. The smallest absolute Gasteiger partial charge is 0.244 e. The Balaban J connectivity index is 2.28. The van der Waals surface area contributed by atoms with E-state index in [4.69, 9.17) is 4.74 Å². The molecular weight excluding hydrogens is 284 g/mol. The summed E-state index contributed by atoms with van der Waals surface area (Å²) >= 11 is 3.44. The molecule has 1 aromatic carbocycles. The Morgan fingerprint density at radius 1 is 1.47 bits per heavy atom. The van der Waals surface area contributed by atoms with Gasteiger partial charge in [-0.05, 0) is 46.5 Å². The normalized spacial score (nSPS) is 16.4. The minimum atomic E-state index is -0.363. The summed E-state index contributed by atoms with van der Waals surface area (Å²) in [6, 6.07) is 5.79. The molecule has 0 aromatic heterocycles. The fourth-order valence-electron chi connectivity index (χ4n) is 1.97. The highest BCUT2D eigenvalue weighted by atomic mass is 79.9. The molecule has 1 aromatic rings. The fourth-order valence-corrected chi connectivity index (χ4v) is 2.51. The molecule has 92 valence electrons. The molecule has 1 amide bonds. The summed E-state index contributed by atoms with van der Waals surface area (Å²) in [6.45, 7) is 0. The minimum absolute atomic E-state index is 0.0251. The predicted molar refractivity (Wildman–Crippen MR) is 68.8 cm³/mol. The summed E-state index contributed by atoms with van der Waals surface area (Å²) in [4.78, 5) is 12.0. The first-order chi connectivity index (χ1) is 8.14. The molecule has 0 heterocycles. The van der Waals surface area contributed by atoms with Gasteiger partial charge in [-0.2, -0.15) is 0 Å². The fraction of sp³-hybridized carbons (Fsp3) is 0.417. The molecule has 5 heteroatoms. The van der Waals surface area contributed by atoms with Gasteiger partial charge in [0.1, 0.15) is 5.75 Å². The van der Waals surface area contributed by atoms with Gasteiger partial charge in [0.2, 0.25) is 5.91 Å². The molecule has 0 spiro atoms. The molecule has 1 fully saturated rings. The summed E-state index contributed by atoms with van der Waals surface area (Å²) in [5.74, 6) is 0.802. The lowest BCUT2D eigenvalue weighted by atomic mass is 9.95. The monoisotopic (exact) mass is 298 g/mol. The second-order valence-electron chi connectivity index (χ2n) is 4.14. The number of ether oxygens (including phenoxy) is 1. The van der Waals surface area contributed by atoms with Crippen LogP contribution < -0.4 is 15.6 Å². The standard InChI is InChI=1S/C12H15BrN2O2/c1-14-15-11(16)12(5-6-12)8-3-4-10(17-2)9(13)7-8/h3-4,7,14H,5-6H2,1-2H3,(H,15,16). The molecule has 0 saturated heterocycles. The summed E-state index contributed by atoms with van der Waals surface area (Å²) in [5, 5.41) is 0. The maximum absolute atomic E-state index is 12.0. The van der Waals surface area contributed by atoms with Crippen molar-refractivity contribution >= 4 is 21.8 Å². The Labute approximate surface area is 109 Å². The van der Waals surface area contributed by atoms with Crippen molar-refractivity contribution in [3.05, 3.63) is 28.2 Å². The van der Waals surface area contributed by atoms with Crippen molar-refractivity contribution in [2.45, 2.75) is 18.3 Å². The van der Waals surface area contributed by atoms with Gasteiger partial charge in [-0.15, -0.1) is 0 Å².